The summed E-state index contributed by atoms with van der Waals surface area (Å²) in [5.41, 5.74) is 0. The Morgan fingerprint density at radius 2 is 2.50 bits per heavy atom. The summed E-state index contributed by atoms with van der Waals surface area (Å²) in [5.74, 6) is 4.19. The first-order valence-corrected chi connectivity index (χ1v) is 3.08. The quantitative estimate of drug-likeness (QED) is 0.444. The molecule has 0 saturated carbocycles. The van der Waals surface area contributed by atoms with E-state index in [4.69, 9.17) is 0 Å². The van der Waals surface area contributed by atoms with Crippen LogP contribution >= 0.6 is 11.8 Å². The summed E-state index contributed by atoms with van der Waals surface area (Å²) in [6.07, 6.45) is 5.41. The Bertz CT molecular complexity index is 19.4. The van der Waals surface area contributed by atoms with E-state index >= 15 is 0 Å². The number of hydrogen-bond acceptors (Lipinski definition) is 1. The van der Waals surface area contributed by atoms with Crippen LogP contribution in [0.2, 0.25) is 0 Å². The summed E-state index contributed by atoms with van der Waals surface area (Å²) in [6.45, 7) is 0. The van der Waals surface area contributed by atoms with E-state index in [2.05, 4.69) is 12.2 Å². The summed E-state index contributed by atoms with van der Waals surface area (Å²) < 4.78 is 0. The van der Waals surface area contributed by atoms with Crippen LogP contribution in [-0.4, -0.2) is 5.75 Å². The molecule has 1 heterocycles. The topological polar surface area (TPSA) is 0 Å². The van der Waals surface area contributed by atoms with E-state index < -0.39 is 0 Å². The molecule has 0 amide bonds. The molecule has 0 aromatic carbocycles. The first-order valence-electron chi connectivity index (χ1n) is 2.10. The molecule has 0 spiro atoms. The van der Waals surface area contributed by atoms with Gasteiger partial charge in [0.2, 0.25) is 0 Å². The molecule has 32 valence electrons. The molecule has 0 atom stereocenters. The number of hydrogen-bond donors (Lipinski definition) is 0. The van der Waals surface area contributed by atoms with Crippen molar-refractivity contribution in [2.45, 2.75) is 12.8 Å². The molecule has 1 aliphatic rings. The Morgan fingerprint density at radius 3 is 2.67 bits per heavy atom. The van der Waals surface area contributed by atoms with Crippen LogP contribution in [0.4, 0.5) is 0 Å². The normalized spacial score (nSPS) is 24.0. The second-order valence-electron chi connectivity index (χ2n) is 1.23. The minimum atomic E-state index is 1.12. The summed E-state index contributed by atoms with van der Waals surface area (Å²) >= 11 is 1.73. The predicted octanol–water partition coefficient (Wildman–Crippen LogP) is 1.63. The van der Waals surface area contributed by atoms with Crippen molar-refractivity contribution < 1.29 is 0 Å². The van der Waals surface area contributed by atoms with Crippen molar-refractivity contribution in [2.24, 2.45) is 0 Å². The third-order valence-corrected chi connectivity index (χ3v) is 1.47. The van der Waals surface area contributed by atoms with E-state index in [1.165, 1.54) is 12.2 Å². The van der Waals surface area contributed by atoms with Gasteiger partial charge in [-0.1, -0.05) is 0 Å². The second-order valence-corrected chi connectivity index (χ2v) is 2.13. The molecule has 1 aliphatic heterocycles. The maximum absolute atomic E-state index is 3.00. The molecule has 0 bridgehead atoms. The zero-order valence-electron chi connectivity index (χ0n) is 3.53. The van der Waals surface area contributed by atoms with Gasteiger partial charge in [-0.25, -0.2) is 0 Å². The summed E-state index contributed by atoms with van der Waals surface area (Å²) in [4.78, 5) is 0. The monoisotopic (exact) mass is 98.0 g/mol. The molecule has 1 rings (SSSR count). The van der Waals surface area contributed by atoms with Gasteiger partial charge in [-0.05, 0) is 18.6 Å². The fourth-order valence-corrected chi connectivity index (χ4v) is 0.981. The van der Waals surface area contributed by atoms with Crippen molar-refractivity contribution in [3.05, 3.63) is 12.2 Å². The first-order chi connectivity index (χ1) is 3.00. The Balaban J connectivity index is 2.00. The third kappa shape index (κ3) is 1.21. The lowest BCUT2D eigenvalue weighted by atomic mass is 10.3. The van der Waals surface area contributed by atoms with Gasteiger partial charge in [0, 0.05) is 6.42 Å². The van der Waals surface area contributed by atoms with Crippen molar-refractivity contribution in [2.75, 3.05) is 5.75 Å². The number of thioether (sulfide) groups is 1. The van der Waals surface area contributed by atoms with E-state index in [0.29, 0.717) is 0 Å². The molecule has 1 saturated heterocycles. The molecule has 0 aromatic heterocycles. The molecule has 0 aliphatic carbocycles. The van der Waals surface area contributed by atoms with Gasteiger partial charge >= 0.3 is 0 Å². The van der Waals surface area contributed by atoms with Crippen LogP contribution in [0, 0.1) is 12.2 Å². The number of rotatable bonds is 0. The van der Waals surface area contributed by atoms with E-state index in [-0.39, 0.29) is 0 Å². The average Bonchev–Trinajstić information content (AvgIpc) is 1.72. The minimum absolute atomic E-state index is 1.12. The molecule has 0 unspecified atom stereocenters. The van der Waals surface area contributed by atoms with Gasteiger partial charge in [-0.3, -0.25) is 0 Å². The highest BCUT2D eigenvalue weighted by atomic mass is 32.2. The van der Waals surface area contributed by atoms with Gasteiger partial charge in [0.25, 0.3) is 0 Å². The van der Waals surface area contributed by atoms with Crippen LogP contribution in [0.5, 0.6) is 0 Å². The van der Waals surface area contributed by atoms with Crippen molar-refractivity contribution in [3.63, 3.8) is 0 Å². The van der Waals surface area contributed by atoms with Crippen LogP contribution in [-0.2, 0) is 0 Å². The van der Waals surface area contributed by atoms with Gasteiger partial charge in [0.1, 0.15) is 0 Å². The lowest BCUT2D eigenvalue weighted by Gasteiger charge is -2.03. The SMILES string of the molecule is [C]1[C]SCCC1. The summed E-state index contributed by atoms with van der Waals surface area (Å²) in [5, 5.41) is 0. The molecule has 6 heavy (non-hydrogen) atoms. The highest BCUT2D eigenvalue weighted by Crippen LogP contribution is 2.18. The molecule has 0 nitrogen and oxygen atoms in total. The van der Waals surface area contributed by atoms with Crippen LogP contribution in [0.3, 0.4) is 0 Å². The predicted molar refractivity (Wildman–Crippen MR) is 28.2 cm³/mol. The first kappa shape index (κ1) is 4.51. The molecule has 0 N–H and O–H groups in total. The standard InChI is InChI=1S/C5H6S/c1-2-4-6-5-3-1/h1-2,4H2. The average molecular weight is 98.2 g/mol. The Kier molecular flexibility index (Phi) is 1.89. The van der Waals surface area contributed by atoms with Crippen LogP contribution in [0.15, 0.2) is 0 Å². The largest absolute Gasteiger partial charge is 0.151 e. The van der Waals surface area contributed by atoms with Crippen LogP contribution in [0.25, 0.3) is 0 Å². The third-order valence-electron chi connectivity index (χ3n) is 0.693. The van der Waals surface area contributed by atoms with Gasteiger partial charge in [0.05, 0.1) is 5.75 Å². The lowest BCUT2D eigenvalue weighted by Crippen LogP contribution is -1.87. The summed E-state index contributed by atoms with van der Waals surface area (Å²) in [7, 11) is 0. The van der Waals surface area contributed by atoms with E-state index in [0.717, 1.165) is 6.42 Å². The van der Waals surface area contributed by atoms with Gasteiger partial charge in [-0.15, -0.1) is 0 Å². The Labute approximate surface area is 43.3 Å². The van der Waals surface area contributed by atoms with Crippen LogP contribution in [0.1, 0.15) is 12.8 Å². The smallest absolute Gasteiger partial charge is 0.0561 e. The van der Waals surface area contributed by atoms with Crippen molar-refractivity contribution >= 4 is 11.8 Å². The van der Waals surface area contributed by atoms with Crippen molar-refractivity contribution in [1.82, 2.24) is 0 Å². The molecule has 1 heteroatoms. The van der Waals surface area contributed by atoms with Crippen molar-refractivity contribution in [1.29, 1.82) is 0 Å². The second kappa shape index (κ2) is 2.51. The zero-order chi connectivity index (χ0) is 4.24. The molecular weight excluding hydrogens is 92.1 g/mol. The van der Waals surface area contributed by atoms with Crippen molar-refractivity contribution in [3.8, 4) is 0 Å². The maximum atomic E-state index is 3.00. The molecule has 1 fully saturated rings. The lowest BCUT2D eigenvalue weighted by molar-refractivity contribution is 0.915. The van der Waals surface area contributed by atoms with E-state index in [9.17, 15) is 0 Å². The van der Waals surface area contributed by atoms with Gasteiger partial charge in [-0.2, -0.15) is 11.8 Å². The van der Waals surface area contributed by atoms with E-state index in [1.54, 1.807) is 11.8 Å². The maximum Gasteiger partial charge on any atom is 0.0561 e. The van der Waals surface area contributed by atoms with Gasteiger partial charge < -0.3 is 0 Å². The fraction of sp³-hybridized carbons (Fsp3) is 0.600. The summed E-state index contributed by atoms with van der Waals surface area (Å²) in [6, 6.07) is 0. The zero-order valence-corrected chi connectivity index (χ0v) is 4.35. The molecular formula is C5H6S. The highest BCUT2D eigenvalue weighted by molar-refractivity contribution is 8.01. The fourth-order valence-electron chi connectivity index (χ4n) is 0.386. The molecule has 0 aromatic rings. The van der Waals surface area contributed by atoms with Crippen LogP contribution < -0.4 is 0 Å². The Hall–Kier alpha value is 0.350. The van der Waals surface area contributed by atoms with E-state index in [1.807, 2.05) is 0 Å². The minimum Gasteiger partial charge on any atom is -0.151 e. The molecule has 4 radical (unpaired) electrons. The highest BCUT2D eigenvalue weighted by Gasteiger charge is 1.97. The Morgan fingerprint density at radius 1 is 1.50 bits per heavy atom. The van der Waals surface area contributed by atoms with Gasteiger partial charge in [0.15, 0.2) is 0 Å².